The smallest absolute Gasteiger partial charge is 0.339 e. The molecule has 0 radical (unpaired) electrons. The second-order valence-corrected chi connectivity index (χ2v) is 6.01. The molecule has 0 bridgehead atoms. The van der Waals surface area contributed by atoms with Gasteiger partial charge in [0.15, 0.2) is 12.0 Å². The van der Waals surface area contributed by atoms with Crippen LogP contribution in [0.5, 0.6) is 5.75 Å². The zero-order valence-corrected chi connectivity index (χ0v) is 12.0. The van der Waals surface area contributed by atoms with Gasteiger partial charge in [-0.2, -0.15) is 8.42 Å². The highest BCUT2D eigenvalue weighted by molar-refractivity contribution is 7.87. The molecule has 0 saturated heterocycles. The van der Waals surface area contributed by atoms with Crippen molar-refractivity contribution in [2.75, 3.05) is 0 Å². The van der Waals surface area contributed by atoms with E-state index in [9.17, 15) is 13.2 Å². The Morgan fingerprint density at radius 1 is 1.00 bits per heavy atom. The van der Waals surface area contributed by atoms with Crippen molar-refractivity contribution in [1.29, 1.82) is 0 Å². The molecule has 104 valence electrons. The maximum Gasteiger partial charge on any atom is 0.339 e. The third kappa shape index (κ3) is 2.88. The van der Waals surface area contributed by atoms with E-state index in [1.165, 1.54) is 18.2 Å². The Bertz CT molecular complexity index is 731. The van der Waals surface area contributed by atoms with Crippen LogP contribution in [0.1, 0.15) is 21.5 Å². The third-order valence-corrected chi connectivity index (χ3v) is 4.11. The van der Waals surface area contributed by atoms with Crippen LogP contribution in [0.3, 0.4) is 0 Å². The van der Waals surface area contributed by atoms with Gasteiger partial charge in [0.1, 0.15) is 4.90 Å². The van der Waals surface area contributed by atoms with E-state index >= 15 is 0 Å². The number of benzene rings is 2. The molecule has 0 fully saturated rings. The highest BCUT2D eigenvalue weighted by Gasteiger charge is 2.19. The van der Waals surface area contributed by atoms with E-state index in [1.807, 2.05) is 6.92 Å². The van der Waals surface area contributed by atoms with Crippen molar-refractivity contribution in [2.45, 2.75) is 18.7 Å². The van der Waals surface area contributed by atoms with Crippen LogP contribution in [-0.2, 0) is 10.1 Å². The first kappa shape index (κ1) is 14.3. The molecule has 0 heterocycles. The van der Waals surface area contributed by atoms with Gasteiger partial charge in [-0.05, 0) is 37.6 Å². The van der Waals surface area contributed by atoms with E-state index in [4.69, 9.17) is 4.18 Å². The van der Waals surface area contributed by atoms with Crippen molar-refractivity contribution in [1.82, 2.24) is 0 Å². The Morgan fingerprint density at radius 3 is 2.25 bits per heavy atom. The second kappa shape index (κ2) is 5.46. The molecule has 0 aromatic heterocycles. The van der Waals surface area contributed by atoms with Crippen molar-refractivity contribution < 1.29 is 17.4 Å². The monoisotopic (exact) mass is 290 g/mol. The molecule has 0 N–H and O–H groups in total. The van der Waals surface area contributed by atoms with Gasteiger partial charge in [-0.15, -0.1) is 0 Å². The molecular weight excluding hydrogens is 276 g/mol. The van der Waals surface area contributed by atoms with Crippen molar-refractivity contribution in [3.05, 3.63) is 59.2 Å². The maximum atomic E-state index is 12.2. The van der Waals surface area contributed by atoms with Gasteiger partial charge < -0.3 is 4.18 Å². The standard InChI is InChI=1S/C15H14O4S/c1-11-6-8-14(9-7-11)20(17,18)19-15-12(2)4-3-5-13(15)10-16/h3-10H,1-2H3. The molecule has 0 atom stereocenters. The topological polar surface area (TPSA) is 60.4 Å². The summed E-state index contributed by atoms with van der Waals surface area (Å²) in [4.78, 5) is 11.0. The van der Waals surface area contributed by atoms with Crippen molar-refractivity contribution in [3.63, 3.8) is 0 Å². The maximum absolute atomic E-state index is 12.2. The van der Waals surface area contributed by atoms with E-state index in [1.54, 1.807) is 31.2 Å². The fraction of sp³-hybridized carbons (Fsp3) is 0.133. The van der Waals surface area contributed by atoms with Gasteiger partial charge in [0.25, 0.3) is 0 Å². The van der Waals surface area contributed by atoms with Crippen LogP contribution in [0.15, 0.2) is 47.4 Å². The molecular formula is C15H14O4S. The molecule has 2 aromatic rings. The number of hydrogen-bond donors (Lipinski definition) is 0. The Kier molecular flexibility index (Phi) is 3.90. The van der Waals surface area contributed by atoms with Crippen molar-refractivity contribution in [3.8, 4) is 5.75 Å². The Hall–Kier alpha value is -2.14. The highest BCUT2D eigenvalue weighted by Crippen LogP contribution is 2.26. The summed E-state index contributed by atoms with van der Waals surface area (Å²) in [5, 5.41) is 0. The summed E-state index contributed by atoms with van der Waals surface area (Å²) in [6, 6.07) is 11.2. The zero-order chi connectivity index (χ0) is 14.8. The van der Waals surface area contributed by atoms with Crippen LogP contribution >= 0.6 is 0 Å². The van der Waals surface area contributed by atoms with Crippen LogP contribution in [-0.4, -0.2) is 14.7 Å². The largest absolute Gasteiger partial charge is 0.378 e. The Balaban J connectivity index is 2.43. The summed E-state index contributed by atoms with van der Waals surface area (Å²) in [6.07, 6.45) is 0.576. The van der Waals surface area contributed by atoms with E-state index in [0.29, 0.717) is 11.8 Å². The molecule has 0 aliphatic carbocycles. The molecule has 5 heteroatoms. The minimum absolute atomic E-state index is 0.0585. The molecule has 0 spiro atoms. The number of rotatable bonds is 4. The van der Waals surface area contributed by atoms with Crippen molar-refractivity contribution >= 4 is 16.4 Å². The first-order chi connectivity index (χ1) is 9.44. The van der Waals surface area contributed by atoms with Crippen molar-refractivity contribution in [2.24, 2.45) is 0 Å². The average molecular weight is 290 g/mol. The first-order valence-corrected chi connectivity index (χ1v) is 7.41. The van der Waals surface area contributed by atoms with Gasteiger partial charge >= 0.3 is 10.1 Å². The number of carbonyl (C=O) groups is 1. The van der Waals surface area contributed by atoms with E-state index in [-0.39, 0.29) is 16.2 Å². The normalized spacial score (nSPS) is 11.1. The molecule has 0 unspecified atom stereocenters. The number of aryl methyl sites for hydroxylation is 2. The lowest BCUT2D eigenvalue weighted by molar-refractivity contribution is 0.112. The van der Waals surface area contributed by atoms with Crippen LogP contribution in [0.25, 0.3) is 0 Å². The molecule has 0 aliphatic rings. The summed E-state index contributed by atoms with van der Waals surface area (Å²) in [6.45, 7) is 3.55. The number of para-hydroxylation sites is 1. The molecule has 0 saturated carbocycles. The zero-order valence-electron chi connectivity index (χ0n) is 11.2. The van der Waals surface area contributed by atoms with Gasteiger partial charge in [0.05, 0.1) is 5.56 Å². The second-order valence-electron chi connectivity index (χ2n) is 4.46. The predicted molar refractivity (Wildman–Crippen MR) is 75.6 cm³/mol. The summed E-state index contributed by atoms with van der Waals surface area (Å²) >= 11 is 0. The quantitative estimate of drug-likeness (QED) is 0.641. The fourth-order valence-corrected chi connectivity index (χ4v) is 2.76. The summed E-state index contributed by atoms with van der Waals surface area (Å²) in [5.74, 6) is 0.0723. The van der Waals surface area contributed by atoms with Crippen LogP contribution in [0.2, 0.25) is 0 Å². The molecule has 20 heavy (non-hydrogen) atoms. The summed E-state index contributed by atoms with van der Waals surface area (Å²) < 4.78 is 29.5. The lowest BCUT2D eigenvalue weighted by Crippen LogP contribution is -2.11. The Labute approximate surface area is 118 Å². The van der Waals surface area contributed by atoms with Gasteiger partial charge in [0.2, 0.25) is 0 Å². The first-order valence-electron chi connectivity index (χ1n) is 6.00. The molecule has 0 amide bonds. The minimum Gasteiger partial charge on any atom is -0.378 e. The van der Waals surface area contributed by atoms with Gasteiger partial charge in [-0.3, -0.25) is 4.79 Å². The summed E-state index contributed by atoms with van der Waals surface area (Å²) in [7, 11) is -3.94. The SMILES string of the molecule is Cc1ccc(S(=O)(=O)Oc2c(C)cccc2C=O)cc1. The van der Waals surface area contributed by atoms with Gasteiger partial charge in [-0.25, -0.2) is 0 Å². The van der Waals surface area contributed by atoms with E-state index in [0.717, 1.165) is 5.56 Å². The average Bonchev–Trinajstić information content (AvgIpc) is 2.41. The fourth-order valence-electron chi connectivity index (χ4n) is 1.74. The molecule has 2 aromatic carbocycles. The molecule has 4 nitrogen and oxygen atoms in total. The highest BCUT2D eigenvalue weighted by atomic mass is 32.2. The lowest BCUT2D eigenvalue weighted by Gasteiger charge is -2.11. The van der Waals surface area contributed by atoms with Crippen LogP contribution in [0.4, 0.5) is 0 Å². The predicted octanol–water partition coefficient (Wildman–Crippen LogP) is 2.88. The Morgan fingerprint density at radius 2 is 1.65 bits per heavy atom. The van der Waals surface area contributed by atoms with Gasteiger partial charge in [-0.1, -0.05) is 29.8 Å². The molecule has 2 rings (SSSR count). The van der Waals surface area contributed by atoms with Crippen LogP contribution < -0.4 is 4.18 Å². The van der Waals surface area contributed by atoms with Gasteiger partial charge in [0, 0.05) is 0 Å². The minimum atomic E-state index is -3.94. The molecule has 0 aliphatic heterocycles. The summed E-state index contributed by atoms with van der Waals surface area (Å²) in [5.41, 5.74) is 1.75. The third-order valence-electron chi connectivity index (χ3n) is 2.87. The van der Waals surface area contributed by atoms with E-state index < -0.39 is 10.1 Å². The lowest BCUT2D eigenvalue weighted by atomic mass is 10.1. The number of aldehydes is 1. The number of hydrogen-bond acceptors (Lipinski definition) is 4. The van der Waals surface area contributed by atoms with E-state index in [2.05, 4.69) is 0 Å². The number of carbonyl (C=O) groups excluding carboxylic acids is 1. The van der Waals surface area contributed by atoms with Crippen LogP contribution in [0, 0.1) is 13.8 Å².